The van der Waals surface area contributed by atoms with E-state index in [0.29, 0.717) is 30.9 Å². The molecular weight excluding hydrogens is 509 g/mol. The zero-order chi connectivity index (χ0) is 27.4. The molecule has 1 saturated heterocycles. The lowest BCUT2D eigenvalue weighted by molar-refractivity contribution is -0.139. The standard InChI is InChI=1S/C28H33F3N6O2/c29-21-7-3-19(4-8-21)23-18-25(23)32-13-1-2-24(27(39)36-15-11-28(30,31)12-16-36)34-26(38)20-5-9-22(10-6-20)37-17-14-33-35-37/h3-10,14,17,23-25,32-33,35H,1-2,11-13,15-16,18H2,(H,34,38)/t23-,24-,25+/m0/s1. The van der Waals surface area contributed by atoms with E-state index in [-0.39, 0.29) is 43.7 Å². The van der Waals surface area contributed by atoms with Crippen molar-refractivity contribution in [1.82, 2.24) is 26.5 Å². The van der Waals surface area contributed by atoms with Gasteiger partial charge in [0.2, 0.25) is 5.91 Å². The average molecular weight is 543 g/mol. The first-order valence-corrected chi connectivity index (χ1v) is 13.3. The predicted octanol–water partition coefficient (Wildman–Crippen LogP) is 3.41. The summed E-state index contributed by atoms with van der Waals surface area (Å²) in [6.07, 6.45) is 4.74. The Balaban J connectivity index is 1.16. The summed E-state index contributed by atoms with van der Waals surface area (Å²) in [5.41, 5.74) is 8.06. The summed E-state index contributed by atoms with van der Waals surface area (Å²) in [6, 6.07) is 12.9. The molecule has 2 aliphatic heterocycles. The fraction of sp³-hybridized carbons (Fsp3) is 0.429. The van der Waals surface area contributed by atoms with E-state index in [4.69, 9.17) is 0 Å². The summed E-state index contributed by atoms with van der Waals surface area (Å²) in [4.78, 5) is 27.8. The molecule has 2 aromatic rings. The molecule has 3 atom stereocenters. The predicted molar refractivity (Wildman–Crippen MR) is 141 cm³/mol. The molecule has 0 spiro atoms. The molecule has 2 amide bonds. The van der Waals surface area contributed by atoms with E-state index in [9.17, 15) is 22.8 Å². The lowest BCUT2D eigenvalue weighted by atomic mass is 10.0. The molecule has 11 heteroatoms. The number of hydrogen-bond acceptors (Lipinski definition) is 6. The molecule has 0 bridgehead atoms. The topological polar surface area (TPSA) is 88.7 Å². The fourth-order valence-electron chi connectivity index (χ4n) is 5.05. The largest absolute Gasteiger partial charge is 0.340 e. The average Bonchev–Trinajstić information content (AvgIpc) is 3.49. The summed E-state index contributed by atoms with van der Waals surface area (Å²) in [7, 11) is 0. The van der Waals surface area contributed by atoms with Crippen molar-refractivity contribution in [1.29, 1.82) is 0 Å². The number of anilines is 1. The van der Waals surface area contributed by atoms with Gasteiger partial charge in [-0.05, 0) is 67.8 Å². The Kier molecular flexibility index (Phi) is 8.08. The first kappa shape index (κ1) is 27.0. The lowest BCUT2D eigenvalue weighted by Gasteiger charge is -2.34. The smallest absolute Gasteiger partial charge is 0.251 e. The van der Waals surface area contributed by atoms with Gasteiger partial charge in [0.05, 0.1) is 5.69 Å². The van der Waals surface area contributed by atoms with Crippen LogP contribution in [0.15, 0.2) is 60.9 Å². The minimum Gasteiger partial charge on any atom is -0.340 e. The number of hydrazine groups is 2. The summed E-state index contributed by atoms with van der Waals surface area (Å²) < 4.78 is 40.5. The number of benzene rings is 2. The maximum Gasteiger partial charge on any atom is 0.251 e. The zero-order valence-electron chi connectivity index (χ0n) is 21.5. The van der Waals surface area contributed by atoms with Crippen molar-refractivity contribution in [3.8, 4) is 0 Å². The second-order valence-electron chi connectivity index (χ2n) is 10.3. The van der Waals surface area contributed by atoms with Crippen LogP contribution in [0.5, 0.6) is 0 Å². The molecule has 208 valence electrons. The highest BCUT2D eigenvalue weighted by Gasteiger charge is 2.39. The second-order valence-corrected chi connectivity index (χ2v) is 10.3. The second kappa shape index (κ2) is 11.7. The van der Waals surface area contributed by atoms with Crippen LogP contribution in [0.25, 0.3) is 0 Å². The highest BCUT2D eigenvalue weighted by Crippen LogP contribution is 2.40. The van der Waals surface area contributed by atoms with Crippen LogP contribution in [0.4, 0.5) is 18.9 Å². The molecule has 2 aromatic carbocycles. The van der Waals surface area contributed by atoms with E-state index in [0.717, 1.165) is 17.7 Å². The summed E-state index contributed by atoms with van der Waals surface area (Å²) >= 11 is 0. The van der Waals surface area contributed by atoms with Crippen LogP contribution in [-0.4, -0.2) is 54.4 Å². The van der Waals surface area contributed by atoms with Gasteiger partial charge in [0.15, 0.2) is 0 Å². The van der Waals surface area contributed by atoms with E-state index in [1.807, 2.05) is 0 Å². The van der Waals surface area contributed by atoms with Gasteiger partial charge in [0.1, 0.15) is 11.9 Å². The van der Waals surface area contributed by atoms with Gasteiger partial charge in [0.25, 0.3) is 11.8 Å². The van der Waals surface area contributed by atoms with E-state index < -0.39 is 17.9 Å². The molecular formula is C28H33F3N6O2. The zero-order valence-corrected chi connectivity index (χ0v) is 21.5. The van der Waals surface area contributed by atoms with E-state index in [1.165, 1.54) is 17.0 Å². The maximum absolute atomic E-state index is 13.7. The Labute approximate surface area is 225 Å². The van der Waals surface area contributed by atoms with Crippen molar-refractivity contribution < 1.29 is 22.8 Å². The van der Waals surface area contributed by atoms with Gasteiger partial charge in [-0.25, -0.2) is 13.2 Å². The molecule has 8 nitrogen and oxygen atoms in total. The number of halogens is 3. The minimum atomic E-state index is -2.76. The number of piperidine rings is 1. The Morgan fingerprint density at radius 1 is 1.05 bits per heavy atom. The Bertz CT molecular complexity index is 1180. The normalized spacial score (nSPS) is 22.3. The van der Waals surface area contributed by atoms with Crippen molar-refractivity contribution in [2.45, 2.75) is 56.0 Å². The molecule has 2 fully saturated rings. The van der Waals surface area contributed by atoms with Crippen molar-refractivity contribution in [2.75, 3.05) is 24.6 Å². The van der Waals surface area contributed by atoms with Crippen LogP contribution < -0.4 is 26.6 Å². The first-order chi connectivity index (χ1) is 18.8. The number of likely N-dealkylation sites (tertiary alicyclic amines) is 1. The molecule has 39 heavy (non-hydrogen) atoms. The molecule has 3 aliphatic rings. The van der Waals surface area contributed by atoms with Gasteiger partial charge >= 0.3 is 0 Å². The van der Waals surface area contributed by atoms with Crippen LogP contribution in [0.3, 0.4) is 0 Å². The highest BCUT2D eigenvalue weighted by molar-refractivity contribution is 5.97. The molecule has 1 saturated carbocycles. The fourth-order valence-corrected chi connectivity index (χ4v) is 5.05. The van der Waals surface area contributed by atoms with Crippen LogP contribution in [0.2, 0.25) is 0 Å². The quantitative estimate of drug-likeness (QED) is 0.344. The summed E-state index contributed by atoms with van der Waals surface area (Å²) in [6.45, 7) is 0.576. The third-order valence-corrected chi connectivity index (χ3v) is 7.47. The number of carbonyl (C=O) groups is 2. The van der Waals surface area contributed by atoms with Crippen molar-refractivity contribution in [2.24, 2.45) is 0 Å². The molecule has 0 radical (unpaired) electrons. The number of alkyl halides is 2. The van der Waals surface area contributed by atoms with Crippen LogP contribution in [0, 0.1) is 5.82 Å². The molecule has 0 unspecified atom stereocenters. The number of nitrogens with zero attached hydrogens (tertiary/aromatic N) is 2. The highest BCUT2D eigenvalue weighted by atomic mass is 19.3. The van der Waals surface area contributed by atoms with Crippen LogP contribution in [-0.2, 0) is 4.79 Å². The van der Waals surface area contributed by atoms with Gasteiger partial charge in [-0.15, -0.1) is 5.53 Å². The minimum absolute atomic E-state index is 0.0308. The molecule has 1 aliphatic carbocycles. The monoisotopic (exact) mass is 542 g/mol. The Morgan fingerprint density at radius 3 is 2.44 bits per heavy atom. The summed E-state index contributed by atoms with van der Waals surface area (Å²) in [5, 5.41) is 8.06. The van der Waals surface area contributed by atoms with Gasteiger partial charge in [-0.1, -0.05) is 12.1 Å². The third kappa shape index (κ3) is 6.90. The van der Waals surface area contributed by atoms with E-state index >= 15 is 0 Å². The number of amides is 2. The van der Waals surface area contributed by atoms with Gasteiger partial charge < -0.3 is 21.0 Å². The number of nitrogens with one attached hydrogen (secondary N) is 4. The Morgan fingerprint density at radius 2 is 1.77 bits per heavy atom. The lowest BCUT2D eigenvalue weighted by Crippen LogP contribution is -2.52. The molecule has 5 rings (SSSR count). The van der Waals surface area contributed by atoms with Gasteiger partial charge in [0, 0.05) is 55.9 Å². The molecule has 4 N–H and O–H groups in total. The van der Waals surface area contributed by atoms with Crippen molar-refractivity contribution >= 4 is 17.5 Å². The molecule has 2 heterocycles. The van der Waals surface area contributed by atoms with Gasteiger partial charge in [-0.2, -0.15) is 0 Å². The van der Waals surface area contributed by atoms with Crippen molar-refractivity contribution in [3.63, 3.8) is 0 Å². The Hall–Kier alpha value is -3.57. The van der Waals surface area contributed by atoms with Crippen molar-refractivity contribution in [3.05, 3.63) is 77.9 Å². The van der Waals surface area contributed by atoms with E-state index in [1.54, 1.807) is 53.8 Å². The maximum atomic E-state index is 13.7. The number of carbonyl (C=O) groups excluding carboxylic acids is 2. The number of rotatable bonds is 10. The van der Waals surface area contributed by atoms with Crippen LogP contribution in [0.1, 0.15) is 53.9 Å². The molecule has 0 aromatic heterocycles. The van der Waals surface area contributed by atoms with E-state index in [2.05, 4.69) is 21.6 Å². The third-order valence-electron chi connectivity index (χ3n) is 7.47. The van der Waals surface area contributed by atoms with Gasteiger partial charge in [-0.3, -0.25) is 14.6 Å². The first-order valence-electron chi connectivity index (χ1n) is 13.3. The summed E-state index contributed by atoms with van der Waals surface area (Å²) in [5.74, 6) is -3.40. The number of hydrogen-bond donors (Lipinski definition) is 4. The SMILES string of the molecule is O=C(N[C@@H](CCCN[C@@H]1C[C@H]1c1ccc(F)cc1)C(=O)N1CCC(F)(F)CC1)c1ccc(N2C=CNN2)cc1. The van der Waals surface area contributed by atoms with Crippen LogP contribution >= 0.6 is 0 Å².